The fourth-order valence-electron chi connectivity index (χ4n) is 11.5. The number of carboxylic acids is 1. The molecule has 0 saturated carbocycles. The van der Waals surface area contributed by atoms with Crippen LogP contribution in [0.15, 0.2) is 30.3 Å². The second-order valence-electron chi connectivity index (χ2n) is 37.4. The van der Waals surface area contributed by atoms with Crippen LogP contribution in [0.2, 0.25) is 0 Å². The van der Waals surface area contributed by atoms with Crippen molar-refractivity contribution in [1.82, 2.24) is 36.0 Å². The van der Waals surface area contributed by atoms with Crippen LogP contribution in [0.3, 0.4) is 0 Å². The Morgan fingerprint density at radius 3 is 1.39 bits per heavy atom. The molecule has 7 rings (SSSR count). The Balaban J connectivity index is -0.000000683. The summed E-state index contributed by atoms with van der Waals surface area (Å²) in [5.41, 5.74) is 9.40. The van der Waals surface area contributed by atoms with Crippen molar-refractivity contribution in [1.29, 1.82) is 0 Å². The van der Waals surface area contributed by atoms with Gasteiger partial charge in [-0.25, -0.2) is 43.4 Å². The largest absolute Gasteiger partial charge is 0.480 e. The van der Waals surface area contributed by atoms with Gasteiger partial charge in [-0.15, -0.1) is 0 Å². The van der Waals surface area contributed by atoms with Crippen molar-refractivity contribution in [3.05, 3.63) is 35.9 Å². The summed E-state index contributed by atoms with van der Waals surface area (Å²) in [6, 6.07) is 7.78. The van der Waals surface area contributed by atoms with Gasteiger partial charge in [0.05, 0.1) is 46.6 Å². The Kier molecular flexibility index (Phi) is 62.2. The molecule has 0 aromatic heterocycles. The third-order valence-corrected chi connectivity index (χ3v) is 18.0. The number of imide groups is 2. The van der Waals surface area contributed by atoms with E-state index in [1.165, 1.54) is 32.6 Å². The van der Waals surface area contributed by atoms with Gasteiger partial charge in [-0.1, -0.05) is 65.0 Å². The number of aliphatic carboxylic acids is 1. The molecule has 128 heavy (non-hydrogen) atoms. The van der Waals surface area contributed by atoms with E-state index in [0.717, 1.165) is 88.2 Å². The van der Waals surface area contributed by atoms with Gasteiger partial charge in [-0.2, -0.15) is 16.8 Å². The lowest BCUT2D eigenvalue weighted by atomic mass is 9.95. The Bertz CT molecular complexity index is 3560. The zero-order valence-corrected chi connectivity index (χ0v) is 82.8. The van der Waals surface area contributed by atoms with Gasteiger partial charge < -0.3 is 95.8 Å². The van der Waals surface area contributed by atoms with E-state index in [1.54, 1.807) is 55.4 Å². The number of ether oxygens (including phenoxy) is 9. The van der Waals surface area contributed by atoms with Gasteiger partial charge in [-0.05, 0) is 218 Å². The lowest BCUT2D eigenvalue weighted by Crippen LogP contribution is -2.50. The van der Waals surface area contributed by atoms with Crippen molar-refractivity contribution < 1.29 is 146 Å². The molecule has 1 aromatic rings. The predicted octanol–water partition coefficient (Wildman–Crippen LogP) is 7.64. The molecule has 12 atom stereocenters. The number of alkyl carbamates (subject to hydrolysis) is 2. The van der Waals surface area contributed by atoms with E-state index in [9.17, 15) is 74.4 Å². The van der Waals surface area contributed by atoms with Crippen molar-refractivity contribution in [2.75, 3.05) is 99.7 Å². The molecule has 42 heteroatoms. The number of carbonyl (C=O) groups excluding carboxylic acids is 11. The van der Waals surface area contributed by atoms with E-state index in [4.69, 9.17) is 55.6 Å². The molecule has 0 radical (unpaired) electrons. The summed E-state index contributed by atoms with van der Waals surface area (Å²) in [6.45, 7) is 49.8. The molecular formula is C86H159N9O31S2. The lowest BCUT2D eigenvalue weighted by Gasteiger charge is -2.37. The Morgan fingerprint density at radius 1 is 0.570 bits per heavy atom. The average Bonchev–Trinajstić information content (AvgIpc) is 1.67. The summed E-state index contributed by atoms with van der Waals surface area (Å²) in [5.74, 6) is -2.23. The van der Waals surface area contributed by atoms with Gasteiger partial charge in [-0.3, -0.25) is 37.2 Å². The van der Waals surface area contributed by atoms with E-state index in [-0.39, 0.29) is 111 Å². The molecular weight excluding hydrogens is 1720 g/mol. The zero-order valence-electron chi connectivity index (χ0n) is 81.2. The number of carbonyl (C=O) groups is 12. The number of likely N-dealkylation sites (tertiary alicyclic amines) is 3. The number of methoxy groups -OCH3 is 2. The van der Waals surface area contributed by atoms with Crippen molar-refractivity contribution >= 4 is 93.2 Å². The van der Waals surface area contributed by atoms with Gasteiger partial charge in [0.1, 0.15) is 51.7 Å². The zero-order chi connectivity index (χ0) is 100. The molecule has 6 saturated heterocycles. The first kappa shape index (κ1) is 126. The van der Waals surface area contributed by atoms with Crippen LogP contribution < -0.4 is 32.7 Å². The fraction of sp³-hybridized carbons (Fsp3) is 0.791. The highest BCUT2D eigenvalue weighted by molar-refractivity contribution is 7.86. The number of nitrogens with zero attached hydrogens (tertiary/aromatic N) is 3. The molecule has 7 amide bonds. The van der Waals surface area contributed by atoms with Crippen LogP contribution in [0.5, 0.6) is 0 Å². The van der Waals surface area contributed by atoms with E-state index in [0.29, 0.717) is 50.5 Å². The fourth-order valence-corrected chi connectivity index (χ4v) is 12.4. The maximum absolute atomic E-state index is 11.9. The minimum absolute atomic E-state index is 0.00431. The Morgan fingerprint density at radius 2 is 1.02 bits per heavy atom. The number of rotatable bonds is 21. The number of aliphatic hydroxyl groups is 3. The average molecular weight is 1880 g/mol. The van der Waals surface area contributed by atoms with Gasteiger partial charge >= 0.3 is 42.3 Å². The number of hydrogen-bond donors (Lipinski definition) is 10. The van der Waals surface area contributed by atoms with Crippen molar-refractivity contribution in [2.45, 2.75) is 312 Å². The third-order valence-electron chi connectivity index (χ3n) is 16.8. The second-order valence-corrected chi connectivity index (χ2v) is 40.7. The summed E-state index contributed by atoms with van der Waals surface area (Å²) in [5, 5.41) is 43.8. The van der Waals surface area contributed by atoms with E-state index in [1.807, 2.05) is 96.1 Å². The molecule has 0 aliphatic carbocycles. The topological polar surface area (TPSA) is 565 Å². The van der Waals surface area contributed by atoms with Gasteiger partial charge in [0, 0.05) is 96.0 Å². The summed E-state index contributed by atoms with van der Waals surface area (Å²) in [6.07, 6.45) is 6.83. The van der Waals surface area contributed by atoms with E-state index >= 15 is 0 Å². The summed E-state index contributed by atoms with van der Waals surface area (Å²) >= 11 is 0. The van der Waals surface area contributed by atoms with Crippen molar-refractivity contribution in [3.8, 4) is 0 Å². The Labute approximate surface area is 760 Å². The standard InChI is InChI=1S/C18H28N2O2.C12H19NO5.C11H22N2O2.C11H17NO5.C8H19NO6S2.C6H15NO2.C5H7NO3.2C5H10O2.C4H8O.CH4O/c1-14-10-16(19-17(21)22-18(2,3)4)13-20(11-14)12-15-8-6-5-7-9-15;1-7-6-8(10(15)17-5)13(9(7)14)11(16)18-12(2,3)4;1-8-5-9(7-12-6-8)13-10(14)15-11(2,3)4;1-11(2,3)17-10(15)12-7(9(14)16-4)5-6-8(12)13;1-7(5-14-16(2,10)11)4-8(9)6-15-17(3,12)13;1-5(3-8)2-6(7)4-9;7-4-2-1-3(6-4)5(8)9;2*1-5(2,3)7-4-6;1-2-4-5-3-1;1-2/h5-9,14,16H,10-13H2,1-4H3,(H,19,21);7-8H,6H2,1-5H3;8-9,12H,5-7H2,1-4H3,(H,13,14);7H,5-6H2,1-4H3;7-8H,4-6,9H2,1-3H3;5-6,8-9H,2-4,7H2,1H3;3H,1-2H2,(H,6,7)(H,8,9);2*4H,1-3H3;1-4H2;2H,1H3/t14-,16+;7-,8+;8-,9+;7-;7-,8+;5-,6+;3-;;;;/m1110110..../s1. The second kappa shape index (κ2) is 63.1. The minimum Gasteiger partial charge on any atom is -0.480 e. The summed E-state index contributed by atoms with van der Waals surface area (Å²) in [4.78, 5) is 137. The van der Waals surface area contributed by atoms with Crippen LogP contribution in [0, 0.1) is 29.6 Å². The molecule has 12 N–H and O–H groups in total. The maximum atomic E-state index is 11.9. The molecule has 6 aliphatic heterocycles. The van der Waals surface area contributed by atoms with E-state index in [2.05, 4.69) is 91.6 Å². The summed E-state index contributed by atoms with van der Waals surface area (Å²) in [7, 11) is -3.51. The van der Waals surface area contributed by atoms with Crippen LogP contribution >= 0.6 is 0 Å². The number of nitrogens with one attached hydrogen (secondary N) is 4. The van der Waals surface area contributed by atoms with Gasteiger partial charge in [0.2, 0.25) is 17.7 Å². The SMILES string of the molecule is C1CCOC1.CC(C)(C)OC=O.CC(C)(C)OC=O.CO.COC(=O)[C@@H]1CCC(=O)N1C(=O)OC(C)(C)C.COC(=O)[C@@H]1C[C@@H](C)C(=O)N1C(=O)OC(C)(C)C.C[C@@H](CO)C[C@H](N)CO.C[C@@H](COS(C)(=O)=O)C[C@H](N)COS(C)(=O)=O.C[C@@H]1C[C@H](NC(=O)OC(C)(C)C)CN(Cc2ccccc2)C1.C[C@H]1CNC[C@@H](NC(=O)OC(C)(C)C)C1.O=C1CC[C@@H](C(=O)O)N1. The predicted molar refractivity (Wildman–Crippen MR) is 479 cm³/mol. The number of benzene rings is 1. The smallest absolute Gasteiger partial charge is 0.417 e. The molecule has 1 aromatic carbocycles. The quantitative estimate of drug-likeness (QED) is 0.0244. The minimum atomic E-state index is -3.50. The highest BCUT2D eigenvalue weighted by atomic mass is 32.2. The molecule has 0 spiro atoms. The number of esters is 2. The highest BCUT2D eigenvalue weighted by Gasteiger charge is 2.47. The number of aliphatic hydroxyl groups excluding tert-OH is 3. The number of amides is 7. The number of carboxylic acid groups (broad SMARTS) is 1. The van der Waals surface area contributed by atoms with Crippen LogP contribution in [-0.2, 0) is 116 Å². The molecule has 0 bridgehead atoms. The summed E-state index contributed by atoms with van der Waals surface area (Å²) < 4.78 is 95.9. The monoisotopic (exact) mass is 1880 g/mol. The van der Waals surface area contributed by atoms with Crippen LogP contribution in [0.25, 0.3) is 0 Å². The van der Waals surface area contributed by atoms with Crippen molar-refractivity contribution in [3.63, 3.8) is 0 Å². The first-order valence-electron chi connectivity index (χ1n) is 42.6. The number of piperidine rings is 2. The van der Waals surface area contributed by atoms with Crippen molar-refractivity contribution in [2.24, 2.45) is 41.1 Å². The number of nitrogens with two attached hydrogens (primary N) is 2. The normalized spacial score (nSPS) is 20.6. The highest BCUT2D eigenvalue weighted by Crippen LogP contribution is 2.29. The lowest BCUT2D eigenvalue weighted by molar-refractivity contribution is -0.148. The molecule has 6 fully saturated rings. The van der Waals surface area contributed by atoms with Crippen LogP contribution in [0.1, 0.15) is 235 Å². The number of hydrogen-bond acceptors (Lipinski definition) is 34. The molecule has 6 aliphatic rings. The molecule has 746 valence electrons. The van der Waals surface area contributed by atoms with E-state index < -0.39 is 109 Å². The van der Waals surface area contributed by atoms with Gasteiger partial charge in [0.15, 0.2) is 0 Å². The van der Waals surface area contributed by atoms with Gasteiger partial charge in [0.25, 0.3) is 33.2 Å². The maximum Gasteiger partial charge on any atom is 0.417 e. The Hall–Kier alpha value is -8.04. The molecule has 40 nitrogen and oxygen atoms in total. The van der Waals surface area contributed by atoms with Crippen LogP contribution in [0.4, 0.5) is 19.2 Å². The molecule has 6 heterocycles. The third kappa shape index (κ3) is 69.0. The first-order valence-corrected chi connectivity index (χ1v) is 46.2. The van der Waals surface area contributed by atoms with Crippen LogP contribution in [-0.4, -0.2) is 300 Å². The molecule has 0 unspecified atom stereocenters. The first-order chi connectivity index (χ1) is 58.6.